The van der Waals surface area contributed by atoms with Gasteiger partial charge in [-0.3, -0.25) is 4.90 Å². The summed E-state index contributed by atoms with van der Waals surface area (Å²) in [6.45, 7) is 7.07. The van der Waals surface area contributed by atoms with Crippen molar-refractivity contribution in [1.29, 1.82) is 0 Å². The minimum atomic E-state index is 0.314. The molecule has 0 radical (unpaired) electrons. The van der Waals surface area contributed by atoms with Crippen LogP contribution in [0.1, 0.15) is 12.5 Å². The van der Waals surface area contributed by atoms with E-state index < -0.39 is 0 Å². The van der Waals surface area contributed by atoms with Crippen molar-refractivity contribution in [3.63, 3.8) is 0 Å². The molecule has 0 saturated carbocycles. The van der Waals surface area contributed by atoms with E-state index in [0.717, 1.165) is 48.7 Å². The van der Waals surface area contributed by atoms with Crippen LogP contribution in [0.2, 0.25) is 0 Å². The van der Waals surface area contributed by atoms with Gasteiger partial charge in [0.05, 0.1) is 12.3 Å². The molecule has 6 nitrogen and oxygen atoms in total. The number of aromatic hydroxyl groups is 1. The molecule has 0 atom stereocenters. The maximum Gasteiger partial charge on any atom is 0.159 e. The largest absolute Gasteiger partial charge is 0.508 e. The van der Waals surface area contributed by atoms with Crippen molar-refractivity contribution in [2.75, 3.05) is 37.7 Å². The van der Waals surface area contributed by atoms with Gasteiger partial charge in [-0.05, 0) is 43.3 Å². The number of piperazine rings is 1. The van der Waals surface area contributed by atoms with E-state index in [-0.39, 0.29) is 0 Å². The van der Waals surface area contributed by atoms with Crippen LogP contribution in [0.15, 0.2) is 60.9 Å². The zero-order valence-corrected chi connectivity index (χ0v) is 16.7. The second kappa shape index (κ2) is 8.92. The highest BCUT2D eigenvalue weighted by Crippen LogP contribution is 2.30. The number of nitrogens with zero attached hydrogens (tertiary/aromatic N) is 4. The van der Waals surface area contributed by atoms with Crippen molar-refractivity contribution in [2.45, 2.75) is 13.5 Å². The highest BCUT2D eigenvalue weighted by Gasteiger charge is 2.20. The van der Waals surface area contributed by atoms with Crippen LogP contribution in [0, 0.1) is 0 Å². The van der Waals surface area contributed by atoms with E-state index in [1.807, 2.05) is 31.2 Å². The van der Waals surface area contributed by atoms with Crippen molar-refractivity contribution >= 4 is 5.69 Å². The summed E-state index contributed by atoms with van der Waals surface area (Å²) >= 11 is 0. The zero-order valence-electron chi connectivity index (χ0n) is 16.7. The average molecular weight is 390 g/mol. The Balaban J connectivity index is 1.43. The molecule has 2 aromatic carbocycles. The Labute approximate surface area is 171 Å². The molecule has 1 fully saturated rings. The van der Waals surface area contributed by atoms with Gasteiger partial charge < -0.3 is 14.7 Å². The fraction of sp³-hybridized carbons (Fsp3) is 0.304. The van der Waals surface area contributed by atoms with Gasteiger partial charge in [0.25, 0.3) is 0 Å². The van der Waals surface area contributed by atoms with Crippen LogP contribution in [0.5, 0.6) is 11.5 Å². The highest BCUT2D eigenvalue weighted by atomic mass is 16.5. The Morgan fingerprint density at radius 1 is 0.966 bits per heavy atom. The van der Waals surface area contributed by atoms with Gasteiger partial charge in [0.2, 0.25) is 0 Å². The van der Waals surface area contributed by atoms with Crippen LogP contribution in [0.3, 0.4) is 0 Å². The topological polar surface area (TPSA) is 61.7 Å². The van der Waals surface area contributed by atoms with E-state index in [1.54, 1.807) is 24.5 Å². The van der Waals surface area contributed by atoms with Gasteiger partial charge in [-0.25, -0.2) is 9.97 Å². The summed E-state index contributed by atoms with van der Waals surface area (Å²) in [6.07, 6.45) is 3.46. The fourth-order valence-corrected chi connectivity index (χ4v) is 3.68. The molecule has 0 unspecified atom stereocenters. The van der Waals surface area contributed by atoms with Crippen LogP contribution < -0.4 is 9.64 Å². The third-order valence-corrected chi connectivity index (χ3v) is 5.18. The summed E-state index contributed by atoms with van der Waals surface area (Å²) < 4.78 is 5.78. The summed E-state index contributed by atoms with van der Waals surface area (Å²) in [5, 5.41) is 10.3. The number of ether oxygens (including phenoxy) is 1. The molecule has 1 aliphatic rings. The quantitative estimate of drug-likeness (QED) is 0.694. The van der Waals surface area contributed by atoms with Gasteiger partial charge in [-0.2, -0.15) is 0 Å². The number of phenolic OH excluding ortho intramolecular Hbond substituents is 1. The number of anilines is 1. The number of hydrogen-bond acceptors (Lipinski definition) is 6. The number of benzene rings is 2. The van der Waals surface area contributed by atoms with Crippen molar-refractivity contribution in [1.82, 2.24) is 14.9 Å². The zero-order chi connectivity index (χ0) is 20.1. The third kappa shape index (κ3) is 4.49. The molecule has 2 heterocycles. The normalized spacial score (nSPS) is 14.7. The lowest BCUT2D eigenvalue weighted by molar-refractivity contribution is 0.245. The first-order valence-corrected chi connectivity index (χ1v) is 10.0. The summed E-state index contributed by atoms with van der Waals surface area (Å²) in [5.41, 5.74) is 2.97. The van der Waals surface area contributed by atoms with Gasteiger partial charge in [-0.15, -0.1) is 0 Å². The van der Waals surface area contributed by atoms with E-state index in [2.05, 4.69) is 31.9 Å². The molecule has 0 aliphatic carbocycles. The van der Waals surface area contributed by atoms with E-state index in [0.29, 0.717) is 24.7 Å². The molecular formula is C23H26N4O2. The van der Waals surface area contributed by atoms with Gasteiger partial charge in [0.1, 0.15) is 11.5 Å². The predicted octanol–water partition coefficient (Wildman–Crippen LogP) is 3.57. The summed E-state index contributed by atoms with van der Waals surface area (Å²) in [7, 11) is 0. The van der Waals surface area contributed by atoms with Gasteiger partial charge in [-0.1, -0.05) is 12.1 Å². The number of hydrogen-bond donors (Lipinski definition) is 1. The fourth-order valence-electron chi connectivity index (χ4n) is 3.68. The molecule has 29 heavy (non-hydrogen) atoms. The van der Waals surface area contributed by atoms with Crippen molar-refractivity contribution in [2.24, 2.45) is 0 Å². The van der Waals surface area contributed by atoms with Crippen molar-refractivity contribution in [3.8, 4) is 22.9 Å². The molecule has 0 bridgehead atoms. The van der Waals surface area contributed by atoms with E-state index in [4.69, 9.17) is 4.74 Å². The SMILES string of the molecule is CCOc1ccccc1N1CCN(Cc2cc(-c3ncccn3)ccc2O)CC1. The number of phenols is 1. The van der Waals surface area contributed by atoms with Gasteiger partial charge >= 0.3 is 0 Å². The Morgan fingerprint density at radius 3 is 2.48 bits per heavy atom. The van der Waals surface area contributed by atoms with Crippen LogP contribution in [-0.2, 0) is 6.54 Å². The van der Waals surface area contributed by atoms with Gasteiger partial charge in [0.15, 0.2) is 5.82 Å². The number of para-hydroxylation sites is 2. The minimum Gasteiger partial charge on any atom is -0.508 e. The maximum absolute atomic E-state index is 10.3. The number of aromatic nitrogens is 2. The molecule has 0 amide bonds. The monoisotopic (exact) mass is 390 g/mol. The highest BCUT2D eigenvalue weighted by molar-refractivity contribution is 5.59. The second-order valence-electron chi connectivity index (χ2n) is 7.08. The van der Waals surface area contributed by atoms with E-state index in [9.17, 15) is 5.11 Å². The first kappa shape index (κ1) is 19.2. The first-order valence-electron chi connectivity index (χ1n) is 10.0. The molecular weight excluding hydrogens is 364 g/mol. The Hall–Kier alpha value is -3.12. The lowest BCUT2D eigenvalue weighted by Crippen LogP contribution is -2.46. The molecule has 6 heteroatoms. The molecule has 1 saturated heterocycles. The molecule has 1 N–H and O–H groups in total. The standard InChI is InChI=1S/C23H26N4O2/c1-2-29-22-7-4-3-6-20(22)27-14-12-26(13-15-27)17-19-16-18(8-9-21(19)28)23-24-10-5-11-25-23/h3-11,16,28H,2,12-15,17H2,1H3. The van der Waals surface area contributed by atoms with Crippen molar-refractivity contribution < 1.29 is 9.84 Å². The number of rotatable bonds is 6. The average Bonchev–Trinajstić information content (AvgIpc) is 2.77. The van der Waals surface area contributed by atoms with Gasteiger partial charge in [0, 0.05) is 56.2 Å². The second-order valence-corrected chi connectivity index (χ2v) is 7.08. The summed E-state index contributed by atoms with van der Waals surface area (Å²) in [4.78, 5) is 13.4. The lowest BCUT2D eigenvalue weighted by atomic mass is 10.1. The Bertz CT molecular complexity index is 941. The van der Waals surface area contributed by atoms with Crippen LogP contribution in [0.4, 0.5) is 5.69 Å². The molecule has 1 aliphatic heterocycles. The first-order chi connectivity index (χ1) is 14.2. The van der Waals surface area contributed by atoms with Crippen LogP contribution in [0.25, 0.3) is 11.4 Å². The van der Waals surface area contributed by atoms with Crippen molar-refractivity contribution in [3.05, 3.63) is 66.5 Å². The summed E-state index contributed by atoms with van der Waals surface area (Å²) in [6, 6.07) is 15.6. The minimum absolute atomic E-state index is 0.314. The maximum atomic E-state index is 10.3. The molecule has 0 spiro atoms. The summed E-state index contributed by atoms with van der Waals surface area (Å²) in [5.74, 6) is 1.93. The van der Waals surface area contributed by atoms with Crippen LogP contribution >= 0.6 is 0 Å². The van der Waals surface area contributed by atoms with E-state index in [1.165, 1.54) is 0 Å². The molecule has 4 rings (SSSR count). The third-order valence-electron chi connectivity index (χ3n) is 5.18. The Morgan fingerprint density at radius 2 is 1.72 bits per heavy atom. The lowest BCUT2D eigenvalue weighted by Gasteiger charge is -2.36. The molecule has 1 aromatic heterocycles. The molecule has 3 aromatic rings. The van der Waals surface area contributed by atoms with E-state index >= 15 is 0 Å². The molecule has 150 valence electrons. The van der Waals surface area contributed by atoms with Crippen LogP contribution in [-0.4, -0.2) is 52.8 Å². The predicted molar refractivity (Wildman–Crippen MR) is 114 cm³/mol. The smallest absolute Gasteiger partial charge is 0.159 e. The Kier molecular flexibility index (Phi) is 5.91.